The Balaban J connectivity index is 1.89. The summed E-state index contributed by atoms with van der Waals surface area (Å²) in [5, 5.41) is 3.41. The van der Waals surface area contributed by atoms with Crippen LogP contribution in [0.5, 0.6) is 0 Å². The summed E-state index contributed by atoms with van der Waals surface area (Å²) >= 11 is 0. The lowest BCUT2D eigenvalue weighted by molar-refractivity contribution is 0.249. The number of unbranched alkanes of at least 4 members (excludes halogenated alkanes) is 1. The van der Waals surface area contributed by atoms with Crippen molar-refractivity contribution >= 4 is 0 Å². The Bertz CT molecular complexity index is 396. The van der Waals surface area contributed by atoms with Gasteiger partial charge in [-0.05, 0) is 51.8 Å². The van der Waals surface area contributed by atoms with Crippen molar-refractivity contribution in [2.24, 2.45) is 0 Å². The molecule has 0 bridgehead atoms. The van der Waals surface area contributed by atoms with Crippen molar-refractivity contribution in [1.82, 2.24) is 10.2 Å². The van der Waals surface area contributed by atoms with Crippen LogP contribution in [0.15, 0.2) is 10.5 Å². The minimum absolute atomic E-state index is 0.831. The molecule has 0 atom stereocenters. The number of nitrogens with one attached hydrogen (secondary N) is 1. The molecule has 1 heterocycles. The van der Waals surface area contributed by atoms with Gasteiger partial charge in [0.05, 0.1) is 6.54 Å². The first-order chi connectivity index (χ1) is 9.74. The Kier molecular flexibility index (Phi) is 6.11. The van der Waals surface area contributed by atoms with Crippen molar-refractivity contribution in [2.75, 3.05) is 13.1 Å². The molecule has 1 saturated carbocycles. The van der Waals surface area contributed by atoms with Gasteiger partial charge in [0.1, 0.15) is 11.5 Å². The number of hydrogen-bond donors (Lipinski definition) is 1. The summed E-state index contributed by atoms with van der Waals surface area (Å²) in [6.07, 6.45) is 6.51. The van der Waals surface area contributed by atoms with E-state index in [1.165, 1.54) is 44.2 Å². The molecular formula is C17H30N2O. The first-order valence-corrected chi connectivity index (χ1v) is 8.27. The first kappa shape index (κ1) is 15.6. The van der Waals surface area contributed by atoms with Gasteiger partial charge in [0, 0.05) is 18.2 Å². The van der Waals surface area contributed by atoms with Crippen LogP contribution in [0.25, 0.3) is 0 Å². The average molecular weight is 278 g/mol. The summed E-state index contributed by atoms with van der Waals surface area (Å²) in [5.74, 6) is 2.18. The number of nitrogens with zero attached hydrogens (tertiary/aromatic N) is 1. The lowest BCUT2D eigenvalue weighted by Gasteiger charge is -2.21. The lowest BCUT2D eigenvalue weighted by atomic mass is 10.2. The molecule has 1 aliphatic rings. The molecular weight excluding hydrogens is 248 g/mol. The third-order valence-electron chi connectivity index (χ3n) is 4.03. The van der Waals surface area contributed by atoms with E-state index in [2.05, 4.69) is 37.1 Å². The van der Waals surface area contributed by atoms with E-state index >= 15 is 0 Å². The van der Waals surface area contributed by atoms with Gasteiger partial charge in [0.2, 0.25) is 0 Å². The summed E-state index contributed by atoms with van der Waals surface area (Å²) < 4.78 is 5.88. The number of furan rings is 1. The maximum atomic E-state index is 5.88. The largest absolute Gasteiger partial charge is 0.465 e. The molecule has 1 aromatic heterocycles. The molecule has 2 rings (SSSR count). The lowest BCUT2D eigenvalue weighted by Crippen LogP contribution is -2.26. The standard InChI is InChI=1S/C17H30N2O/c1-4-6-10-19(16-7-8-16)13-15-11-17(20-14(15)3)12-18-9-5-2/h11,16,18H,4-10,12-13H2,1-3H3. The first-order valence-electron chi connectivity index (χ1n) is 8.27. The van der Waals surface area contributed by atoms with Gasteiger partial charge >= 0.3 is 0 Å². The molecule has 0 saturated heterocycles. The van der Waals surface area contributed by atoms with Crippen LogP contribution in [0, 0.1) is 6.92 Å². The maximum Gasteiger partial charge on any atom is 0.118 e. The molecule has 0 amide bonds. The molecule has 0 unspecified atom stereocenters. The molecule has 0 aliphatic heterocycles. The second kappa shape index (κ2) is 7.84. The predicted octanol–water partition coefficient (Wildman–Crippen LogP) is 3.85. The van der Waals surface area contributed by atoms with Gasteiger partial charge in [-0.25, -0.2) is 0 Å². The smallest absolute Gasteiger partial charge is 0.118 e. The fourth-order valence-electron chi connectivity index (χ4n) is 2.63. The molecule has 1 fully saturated rings. The van der Waals surface area contributed by atoms with Gasteiger partial charge in [-0.3, -0.25) is 4.90 Å². The van der Waals surface area contributed by atoms with Crippen LogP contribution in [-0.4, -0.2) is 24.0 Å². The molecule has 3 heteroatoms. The van der Waals surface area contributed by atoms with E-state index in [4.69, 9.17) is 4.42 Å². The summed E-state index contributed by atoms with van der Waals surface area (Å²) in [7, 11) is 0. The molecule has 1 N–H and O–H groups in total. The van der Waals surface area contributed by atoms with E-state index in [1.807, 2.05) is 0 Å². The highest BCUT2D eigenvalue weighted by Gasteiger charge is 2.29. The van der Waals surface area contributed by atoms with Crippen molar-refractivity contribution < 1.29 is 4.42 Å². The summed E-state index contributed by atoms with van der Waals surface area (Å²) in [4.78, 5) is 2.64. The molecule has 1 aromatic rings. The zero-order valence-electron chi connectivity index (χ0n) is 13.4. The normalized spacial score (nSPS) is 15.2. The molecule has 20 heavy (non-hydrogen) atoms. The number of rotatable bonds is 10. The van der Waals surface area contributed by atoms with Gasteiger partial charge in [-0.2, -0.15) is 0 Å². The molecule has 3 nitrogen and oxygen atoms in total. The van der Waals surface area contributed by atoms with Crippen molar-refractivity contribution in [3.63, 3.8) is 0 Å². The van der Waals surface area contributed by atoms with Crippen molar-refractivity contribution in [3.05, 3.63) is 23.2 Å². The third kappa shape index (κ3) is 4.64. The van der Waals surface area contributed by atoms with E-state index in [0.29, 0.717) is 0 Å². The molecule has 114 valence electrons. The quantitative estimate of drug-likeness (QED) is 0.659. The highest BCUT2D eigenvalue weighted by atomic mass is 16.3. The minimum Gasteiger partial charge on any atom is -0.465 e. The minimum atomic E-state index is 0.831. The van der Waals surface area contributed by atoms with Gasteiger partial charge in [0.15, 0.2) is 0 Å². The molecule has 0 spiro atoms. The zero-order chi connectivity index (χ0) is 14.4. The predicted molar refractivity (Wildman–Crippen MR) is 83.8 cm³/mol. The van der Waals surface area contributed by atoms with Crippen molar-refractivity contribution in [1.29, 1.82) is 0 Å². The highest BCUT2D eigenvalue weighted by molar-refractivity contribution is 5.21. The Labute approximate surface area is 123 Å². The van der Waals surface area contributed by atoms with Crippen molar-refractivity contribution in [3.8, 4) is 0 Å². The second-order valence-electron chi connectivity index (χ2n) is 6.03. The Morgan fingerprint density at radius 3 is 2.75 bits per heavy atom. The SMILES string of the molecule is CCCCN(Cc1cc(CNCCC)oc1C)C1CC1. The van der Waals surface area contributed by atoms with Crippen LogP contribution in [0.3, 0.4) is 0 Å². The fourth-order valence-corrected chi connectivity index (χ4v) is 2.63. The molecule has 0 radical (unpaired) electrons. The van der Waals surface area contributed by atoms with Crippen LogP contribution >= 0.6 is 0 Å². The zero-order valence-corrected chi connectivity index (χ0v) is 13.4. The van der Waals surface area contributed by atoms with E-state index in [0.717, 1.165) is 37.2 Å². The fraction of sp³-hybridized carbons (Fsp3) is 0.765. The van der Waals surface area contributed by atoms with Gasteiger partial charge in [-0.1, -0.05) is 20.3 Å². The average Bonchev–Trinajstić information content (AvgIpc) is 3.21. The van der Waals surface area contributed by atoms with E-state index in [1.54, 1.807) is 0 Å². The third-order valence-corrected chi connectivity index (χ3v) is 4.03. The van der Waals surface area contributed by atoms with Gasteiger partial charge < -0.3 is 9.73 Å². The van der Waals surface area contributed by atoms with E-state index < -0.39 is 0 Å². The van der Waals surface area contributed by atoms with Crippen LogP contribution in [-0.2, 0) is 13.1 Å². The van der Waals surface area contributed by atoms with Crippen LogP contribution in [0.1, 0.15) is 63.0 Å². The van der Waals surface area contributed by atoms with Crippen molar-refractivity contribution in [2.45, 2.75) is 72.0 Å². The van der Waals surface area contributed by atoms with Crippen LogP contribution < -0.4 is 5.32 Å². The monoisotopic (exact) mass is 278 g/mol. The topological polar surface area (TPSA) is 28.4 Å². The van der Waals surface area contributed by atoms with Gasteiger partial charge in [0.25, 0.3) is 0 Å². The van der Waals surface area contributed by atoms with Crippen LogP contribution in [0.4, 0.5) is 0 Å². The Morgan fingerprint density at radius 2 is 2.10 bits per heavy atom. The summed E-state index contributed by atoms with van der Waals surface area (Å²) in [6.45, 7) is 10.8. The van der Waals surface area contributed by atoms with Crippen LogP contribution in [0.2, 0.25) is 0 Å². The Morgan fingerprint density at radius 1 is 1.30 bits per heavy atom. The van der Waals surface area contributed by atoms with E-state index in [-0.39, 0.29) is 0 Å². The summed E-state index contributed by atoms with van der Waals surface area (Å²) in [6, 6.07) is 3.08. The molecule has 0 aromatic carbocycles. The van der Waals surface area contributed by atoms with Gasteiger partial charge in [-0.15, -0.1) is 0 Å². The number of aryl methyl sites for hydroxylation is 1. The second-order valence-corrected chi connectivity index (χ2v) is 6.03. The Hall–Kier alpha value is -0.800. The summed E-state index contributed by atoms with van der Waals surface area (Å²) in [5.41, 5.74) is 1.38. The maximum absolute atomic E-state index is 5.88. The van der Waals surface area contributed by atoms with E-state index in [9.17, 15) is 0 Å². The highest BCUT2D eigenvalue weighted by Crippen LogP contribution is 2.29. The molecule has 1 aliphatic carbocycles. The number of hydrogen-bond acceptors (Lipinski definition) is 3.